The molecule has 0 bridgehead atoms. The second-order valence-corrected chi connectivity index (χ2v) is 4.96. The Hall–Kier alpha value is -0.860. The normalized spacial score (nSPS) is 12.6. The molecule has 2 heteroatoms. The lowest BCUT2D eigenvalue weighted by molar-refractivity contribution is 0.388. The summed E-state index contributed by atoms with van der Waals surface area (Å²) in [6, 6.07) is 10.6. The minimum atomic E-state index is 0.814. The molecule has 0 spiro atoms. The zero-order valence-electron chi connectivity index (χ0n) is 11.9. The van der Waals surface area contributed by atoms with Crippen molar-refractivity contribution in [2.24, 2.45) is 5.92 Å². The molecule has 2 N–H and O–H groups in total. The topological polar surface area (TPSA) is 24.1 Å². The van der Waals surface area contributed by atoms with Gasteiger partial charge in [0, 0.05) is 13.1 Å². The number of nitrogens with one attached hydrogen (secondary N) is 2. The summed E-state index contributed by atoms with van der Waals surface area (Å²) in [4.78, 5) is 0. The van der Waals surface area contributed by atoms with E-state index in [1.165, 1.54) is 31.2 Å². The lowest BCUT2D eigenvalue weighted by Gasteiger charge is -2.15. The van der Waals surface area contributed by atoms with Crippen molar-refractivity contribution >= 4 is 0 Å². The Balaban J connectivity index is 2.03. The molecule has 0 aliphatic rings. The molecule has 102 valence electrons. The van der Waals surface area contributed by atoms with E-state index in [1.54, 1.807) is 0 Å². The van der Waals surface area contributed by atoms with E-state index in [-0.39, 0.29) is 0 Å². The molecule has 0 saturated heterocycles. The summed E-state index contributed by atoms with van der Waals surface area (Å²) >= 11 is 0. The van der Waals surface area contributed by atoms with Crippen LogP contribution in [0.1, 0.15) is 45.1 Å². The molecule has 0 amide bonds. The lowest BCUT2D eigenvalue weighted by Crippen LogP contribution is -2.37. The molecule has 0 saturated carbocycles. The average molecular weight is 248 g/mol. The quantitative estimate of drug-likeness (QED) is 0.489. The summed E-state index contributed by atoms with van der Waals surface area (Å²) in [7, 11) is 0. The number of unbranched alkanes of at least 4 members (excludes halogenated alkanes) is 1. The first-order valence-electron chi connectivity index (χ1n) is 7.36. The van der Waals surface area contributed by atoms with Crippen LogP contribution in [0.3, 0.4) is 0 Å². The minimum Gasteiger partial charge on any atom is -0.258 e. The van der Waals surface area contributed by atoms with Gasteiger partial charge >= 0.3 is 0 Å². The van der Waals surface area contributed by atoms with Crippen LogP contribution in [0.25, 0.3) is 0 Å². The Labute approximate surface area is 112 Å². The summed E-state index contributed by atoms with van der Waals surface area (Å²) in [6.45, 7) is 6.63. The van der Waals surface area contributed by atoms with E-state index in [0.29, 0.717) is 0 Å². The van der Waals surface area contributed by atoms with Crippen LogP contribution < -0.4 is 10.9 Å². The van der Waals surface area contributed by atoms with E-state index >= 15 is 0 Å². The highest BCUT2D eigenvalue weighted by Crippen LogP contribution is 2.10. The standard InChI is InChI=1S/C16H28N2/c1-3-5-9-15(4-2)14-18-17-13-12-16-10-7-6-8-11-16/h6-8,10-11,15,17-18H,3-5,9,12-14H2,1-2H3. The molecular weight excluding hydrogens is 220 g/mol. The van der Waals surface area contributed by atoms with Gasteiger partial charge in [0.1, 0.15) is 0 Å². The predicted molar refractivity (Wildman–Crippen MR) is 79.5 cm³/mol. The zero-order chi connectivity index (χ0) is 13.1. The highest BCUT2D eigenvalue weighted by molar-refractivity contribution is 5.14. The lowest BCUT2D eigenvalue weighted by atomic mass is 10.00. The third-order valence-electron chi connectivity index (χ3n) is 3.44. The fourth-order valence-electron chi connectivity index (χ4n) is 2.10. The Morgan fingerprint density at radius 1 is 1.06 bits per heavy atom. The maximum absolute atomic E-state index is 3.37. The summed E-state index contributed by atoms with van der Waals surface area (Å²) < 4.78 is 0. The number of hydrogen-bond donors (Lipinski definition) is 2. The van der Waals surface area contributed by atoms with Gasteiger partial charge in [-0.3, -0.25) is 10.9 Å². The predicted octanol–water partition coefficient (Wildman–Crippen LogP) is 3.54. The van der Waals surface area contributed by atoms with Gasteiger partial charge in [0.25, 0.3) is 0 Å². The van der Waals surface area contributed by atoms with Crippen LogP contribution >= 0.6 is 0 Å². The third kappa shape index (κ3) is 6.77. The van der Waals surface area contributed by atoms with Crippen molar-refractivity contribution in [1.29, 1.82) is 0 Å². The Morgan fingerprint density at radius 2 is 1.83 bits per heavy atom. The summed E-state index contributed by atoms with van der Waals surface area (Å²) in [5, 5.41) is 0. The van der Waals surface area contributed by atoms with Gasteiger partial charge in [0.05, 0.1) is 0 Å². The second-order valence-electron chi connectivity index (χ2n) is 4.96. The molecule has 1 rings (SSSR count). The fourth-order valence-corrected chi connectivity index (χ4v) is 2.10. The van der Waals surface area contributed by atoms with Crippen LogP contribution in [0, 0.1) is 5.92 Å². The van der Waals surface area contributed by atoms with Crippen LogP contribution in [0.5, 0.6) is 0 Å². The molecule has 0 heterocycles. The molecular formula is C16H28N2. The molecule has 1 atom stereocenters. The fraction of sp³-hybridized carbons (Fsp3) is 0.625. The molecule has 18 heavy (non-hydrogen) atoms. The van der Waals surface area contributed by atoms with E-state index in [2.05, 4.69) is 55.0 Å². The molecule has 1 aromatic rings. The van der Waals surface area contributed by atoms with Gasteiger partial charge in [-0.2, -0.15) is 0 Å². The zero-order valence-corrected chi connectivity index (χ0v) is 11.9. The van der Waals surface area contributed by atoms with Gasteiger partial charge < -0.3 is 0 Å². The highest BCUT2D eigenvalue weighted by Gasteiger charge is 2.04. The Bertz CT molecular complexity index is 284. The first-order valence-corrected chi connectivity index (χ1v) is 7.36. The average Bonchev–Trinajstić information content (AvgIpc) is 2.43. The van der Waals surface area contributed by atoms with E-state index in [1.807, 2.05) is 0 Å². The summed E-state index contributed by atoms with van der Waals surface area (Å²) in [6.07, 6.45) is 6.36. The largest absolute Gasteiger partial charge is 0.258 e. The molecule has 2 nitrogen and oxygen atoms in total. The van der Waals surface area contributed by atoms with Crippen LogP contribution in [0.4, 0.5) is 0 Å². The van der Waals surface area contributed by atoms with Crippen molar-refractivity contribution in [2.45, 2.75) is 46.0 Å². The first kappa shape index (κ1) is 15.2. The van der Waals surface area contributed by atoms with Gasteiger partial charge in [0.15, 0.2) is 0 Å². The molecule has 0 fully saturated rings. The van der Waals surface area contributed by atoms with Crippen LogP contribution in [0.2, 0.25) is 0 Å². The maximum Gasteiger partial charge on any atom is 0.0140 e. The number of rotatable bonds is 10. The van der Waals surface area contributed by atoms with Crippen LogP contribution in [-0.2, 0) is 6.42 Å². The van der Waals surface area contributed by atoms with Gasteiger partial charge in [-0.25, -0.2) is 0 Å². The second kappa shape index (κ2) is 10.1. The highest BCUT2D eigenvalue weighted by atomic mass is 15.3. The first-order chi connectivity index (χ1) is 8.86. The number of hydrazine groups is 1. The van der Waals surface area contributed by atoms with Gasteiger partial charge in [-0.1, -0.05) is 63.4 Å². The Morgan fingerprint density at radius 3 is 2.50 bits per heavy atom. The van der Waals surface area contributed by atoms with E-state index < -0.39 is 0 Å². The number of hydrogen-bond acceptors (Lipinski definition) is 2. The van der Waals surface area contributed by atoms with E-state index in [0.717, 1.165) is 25.4 Å². The molecule has 1 unspecified atom stereocenters. The van der Waals surface area contributed by atoms with Crippen molar-refractivity contribution in [3.05, 3.63) is 35.9 Å². The van der Waals surface area contributed by atoms with Crippen molar-refractivity contribution in [3.63, 3.8) is 0 Å². The molecule has 0 radical (unpaired) electrons. The van der Waals surface area contributed by atoms with E-state index in [4.69, 9.17) is 0 Å². The molecule has 0 aliphatic heterocycles. The maximum atomic E-state index is 3.37. The van der Waals surface area contributed by atoms with Gasteiger partial charge in [-0.05, 0) is 24.3 Å². The SMILES string of the molecule is CCCCC(CC)CNNCCc1ccccc1. The van der Waals surface area contributed by atoms with Gasteiger partial charge in [0.2, 0.25) is 0 Å². The molecule has 0 aliphatic carbocycles. The smallest absolute Gasteiger partial charge is 0.0140 e. The number of benzene rings is 1. The molecule has 0 aromatic heterocycles. The monoisotopic (exact) mass is 248 g/mol. The van der Waals surface area contributed by atoms with Gasteiger partial charge in [-0.15, -0.1) is 0 Å². The van der Waals surface area contributed by atoms with Crippen LogP contribution in [-0.4, -0.2) is 13.1 Å². The van der Waals surface area contributed by atoms with Crippen molar-refractivity contribution in [1.82, 2.24) is 10.9 Å². The Kier molecular flexibility index (Phi) is 8.53. The third-order valence-corrected chi connectivity index (χ3v) is 3.44. The van der Waals surface area contributed by atoms with Crippen molar-refractivity contribution < 1.29 is 0 Å². The van der Waals surface area contributed by atoms with Crippen molar-refractivity contribution in [2.75, 3.05) is 13.1 Å². The van der Waals surface area contributed by atoms with E-state index in [9.17, 15) is 0 Å². The summed E-state index contributed by atoms with van der Waals surface area (Å²) in [5.74, 6) is 0.814. The minimum absolute atomic E-state index is 0.814. The molecule has 1 aromatic carbocycles. The van der Waals surface area contributed by atoms with Crippen molar-refractivity contribution in [3.8, 4) is 0 Å². The summed E-state index contributed by atoms with van der Waals surface area (Å²) in [5.41, 5.74) is 8.08. The van der Waals surface area contributed by atoms with Crippen LogP contribution in [0.15, 0.2) is 30.3 Å².